The van der Waals surface area contributed by atoms with Crippen LogP contribution in [0.1, 0.15) is 34.6 Å². The van der Waals surface area contributed by atoms with E-state index in [4.69, 9.17) is 0 Å². The SMILES string of the molecule is CCS(=O)(=O)CCN(C(C)C)C(C)C. The minimum Gasteiger partial charge on any atom is -0.298 e. The van der Waals surface area contributed by atoms with Gasteiger partial charge in [0.1, 0.15) is 0 Å². The maximum Gasteiger partial charge on any atom is 0.151 e. The molecule has 0 aliphatic rings. The van der Waals surface area contributed by atoms with E-state index in [0.29, 0.717) is 18.6 Å². The summed E-state index contributed by atoms with van der Waals surface area (Å²) >= 11 is 0. The van der Waals surface area contributed by atoms with Gasteiger partial charge in [-0.3, -0.25) is 4.90 Å². The lowest BCUT2D eigenvalue weighted by atomic mass is 10.2. The molecule has 0 saturated carbocycles. The summed E-state index contributed by atoms with van der Waals surface area (Å²) in [7, 11) is -2.82. The summed E-state index contributed by atoms with van der Waals surface area (Å²) < 4.78 is 22.6. The van der Waals surface area contributed by atoms with Crippen molar-refractivity contribution in [2.75, 3.05) is 18.1 Å². The number of hydrogen-bond acceptors (Lipinski definition) is 3. The van der Waals surface area contributed by atoms with E-state index >= 15 is 0 Å². The molecular weight excluding hydrogens is 198 g/mol. The molecule has 14 heavy (non-hydrogen) atoms. The molecule has 0 aliphatic heterocycles. The van der Waals surface area contributed by atoms with Crippen LogP contribution in [0.15, 0.2) is 0 Å². The van der Waals surface area contributed by atoms with Gasteiger partial charge in [-0.05, 0) is 27.7 Å². The van der Waals surface area contributed by atoms with Gasteiger partial charge < -0.3 is 0 Å². The summed E-state index contributed by atoms with van der Waals surface area (Å²) in [5.41, 5.74) is 0. The monoisotopic (exact) mass is 221 g/mol. The molecule has 0 rings (SSSR count). The Labute approximate surface area is 88.4 Å². The number of nitrogens with zero attached hydrogens (tertiary/aromatic N) is 1. The van der Waals surface area contributed by atoms with Gasteiger partial charge in [0.2, 0.25) is 0 Å². The Hall–Kier alpha value is -0.0900. The predicted octanol–water partition coefficient (Wildman–Crippen LogP) is 1.54. The Morgan fingerprint density at radius 1 is 1.07 bits per heavy atom. The third-order valence-electron chi connectivity index (χ3n) is 2.43. The van der Waals surface area contributed by atoms with Crippen molar-refractivity contribution in [3.63, 3.8) is 0 Å². The maximum absolute atomic E-state index is 11.3. The molecule has 0 fully saturated rings. The maximum atomic E-state index is 11.3. The molecule has 0 bridgehead atoms. The average Bonchev–Trinajstić information content (AvgIpc) is 2.03. The summed E-state index contributed by atoms with van der Waals surface area (Å²) in [4.78, 5) is 2.20. The lowest BCUT2D eigenvalue weighted by Gasteiger charge is -2.30. The second kappa shape index (κ2) is 5.71. The molecule has 3 nitrogen and oxygen atoms in total. The van der Waals surface area contributed by atoms with Gasteiger partial charge in [-0.2, -0.15) is 0 Å². The summed E-state index contributed by atoms with van der Waals surface area (Å²) in [6.45, 7) is 10.7. The normalized spacial score (nSPS) is 13.1. The molecular formula is C10H23NO2S. The van der Waals surface area contributed by atoms with Gasteiger partial charge in [0, 0.05) is 24.4 Å². The summed E-state index contributed by atoms with van der Waals surface area (Å²) in [6, 6.07) is 0.809. The molecule has 0 N–H and O–H groups in total. The number of rotatable bonds is 6. The summed E-state index contributed by atoms with van der Waals surface area (Å²) in [5, 5.41) is 0. The van der Waals surface area contributed by atoms with E-state index in [2.05, 4.69) is 32.6 Å². The third kappa shape index (κ3) is 4.96. The fourth-order valence-electron chi connectivity index (χ4n) is 1.50. The molecule has 0 saturated heterocycles. The van der Waals surface area contributed by atoms with Crippen molar-refractivity contribution in [2.24, 2.45) is 0 Å². The fraction of sp³-hybridized carbons (Fsp3) is 1.00. The molecule has 4 heteroatoms. The molecule has 0 unspecified atom stereocenters. The zero-order valence-corrected chi connectivity index (χ0v) is 10.8. The van der Waals surface area contributed by atoms with Crippen LogP contribution in [0.25, 0.3) is 0 Å². The standard InChI is InChI=1S/C10H23NO2S/c1-6-14(12,13)8-7-11(9(2)3)10(4)5/h9-10H,6-8H2,1-5H3. The van der Waals surface area contributed by atoms with Crippen LogP contribution in [0.5, 0.6) is 0 Å². The molecule has 0 aromatic carbocycles. The highest BCUT2D eigenvalue weighted by Crippen LogP contribution is 2.05. The molecule has 0 amide bonds. The van der Waals surface area contributed by atoms with Crippen LogP contribution in [-0.2, 0) is 9.84 Å². The van der Waals surface area contributed by atoms with Crippen molar-refractivity contribution in [1.82, 2.24) is 4.90 Å². The van der Waals surface area contributed by atoms with E-state index in [1.54, 1.807) is 6.92 Å². The highest BCUT2D eigenvalue weighted by Gasteiger charge is 2.16. The molecule has 0 aromatic heterocycles. The first-order valence-electron chi connectivity index (χ1n) is 5.26. The van der Waals surface area contributed by atoms with E-state index < -0.39 is 9.84 Å². The summed E-state index contributed by atoms with van der Waals surface area (Å²) in [6.07, 6.45) is 0. The zero-order valence-electron chi connectivity index (χ0n) is 9.95. The Morgan fingerprint density at radius 3 is 1.79 bits per heavy atom. The van der Waals surface area contributed by atoms with E-state index in [0.717, 1.165) is 0 Å². The molecule has 0 radical (unpaired) electrons. The van der Waals surface area contributed by atoms with Crippen LogP contribution in [0.3, 0.4) is 0 Å². The molecule has 0 aromatic rings. The highest BCUT2D eigenvalue weighted by molar-refractivity contribution is 7.91. The van der Waals surface area contributed by atoms with E-state index in [1.807, 2.05) is 0 Å². The first kappa shape index (κ1) is 13.9. The number of hydrogen-bond donors (Lipinski definition) is 0. The van der Waals surface area contributed by atoms with Gasteiger partial charge in [-0.25, -0.2) is 8.42 Å². The lowest BCUT2D eigenvalue weighted by Crippen LogP contribution is -2.40. The lowest BCUT2D eigenvalue weighted by molar-refractivity contribution is 0.186. The molecule has 0 heterocycles. The van der Waals surface area contributed by atoms with Crippen molar-refractivity contribution in [3.05, 3.63) is 0 Å². The smallest absolute Gasteiger partial charge is 0.151 e. The zero-order chi connectivity index (χ0) is 11.4. The Morgan fingerprint density at radius 2 is 1.50 bits per heavy atom. The summed E-state index contributed by atoms with van der Waals surface area (Å²) in [5.74, 6) is 0.525. The quantitative estimate of drug-likeness (QED) is 0.683. The largest absolute Gasteiger partial charge is 0.298 e. The molecule has 0 atom stereocenters. The van der Waals surface area contributed by atoms with Crippen molar-refractivity contribution < 1.29 is 8.42 Å². The Kier molecular flexibility index (Phi) is 5.67. The average molecular weight is 221 g/mol. The minimum absolute atomic E-state index is 0.247. The van der Waals surface area contributed by atoms with Crippen molar-refractivity contribution in [1.29, 1.82) is 0 Å². The second-order valence-electron chi connectivity index (χ2n) is 4.16. The van der Waals surface area contributed by atoms with E-state index in [-0.39, 0.29) is 11.5 Å². The van der Waals surface area contributed by atoms with Gasteiger partial charge in [0.05, 0.1) is 5.75 Å². The van der Waals surface area contributed by atoms with Crippen LogP contribution < -0.4 is 0 Å². The third-order valence-corrected chi connectivity index (χ3v) is 4.11. The van der Waals surface area contributed by atoms with Crippen molar-refractivity contribution >= 4 is 9.84 Å². The van der Waals surface area contributed by atoms with Gasteiger partial charge in [0.25, 0.3) is 0 Å². The van der Waals surface area contributed by atoms with Gasteiger partial charge in [0.15, 0.2) is 9.84 Å². The first-order valence-corrected chi connectivity index (χ1v) is 7.08. The van der Waals surface area contributed by atoms with Crippen LogP contribution in [0.2, 0.25) is 0 Å². The van der Waals surface area contributed by atoms with Crippen LogP contribution in [-0.4, -0.2) is 43.5 Å². The number of sulfone groups is 1. The highest BCUT2D eigenvalue weighted by atomic mass is 32.2. The Bertz CT molecular complexity index is 237. The van der Waals surface area contributed by atoms with Gasteiger partial charge in [-0.15, -0.1) is 0 Å². The van der Waals surface area contributed by atoms with Gasteiger partial charge >= 0.3 is 0 Å². The van der Waals surface area contributed by atoms with E-state index in [1.165, 1.54) is 0 Å². The van der Waals surface area contributed by atoms with Crippen LogP contribution in [0.4, 0.5) is 0 Å². The van der Waals surface area contributed by atoms with E-state index in [9.17, 15) is 8.42 Å². The first-order chi connectivity index (χ1) is 6.30. The molecule has 0 spiro atoms. The minimum atomic E-state index is -2.82. The predicted molar refractivity (Wildman–Crippen MR) is 61.3 cm³/mol. The molecule has 86 valence electrons. The fourth-order valence-corrected chi connectivity index (χ4v) is 2.28. The van der Waals surface area contributed by atoms with Gasteiger partial charge in [-0.1, -0.05) is 6.92 Å². The van der Waals surface area contributed by atoms with Crippen molar-refractivity contribution in [2.45, 2.75) is 46.7 Å². The molecule has 0 aliphatic carbocycles. The topological polar surface area (TPSA) is 37.4 Å². The Balaban J connectivity index is 4.21. The van der Waals surface area contributed by atoms with Crippen LogP contribution >= 0.6 is 0 Å². The van der Waals surface area contributed by atoms with Crippen molar-refractivity contribution in [3.8, 4) is 0 Å². The second-order valence-corrected chi connectivity index (χ2v) is 6.63. The van der Waals surface area contributed by atoms with Crippen LogP contribution in [0, 0.1) is 0 Å².